The number of rotatable bonds is 11. The summed E-state index contributed by atoms with van der Waals surface area (Å²) < 4.78 is 11.3. The molecule has 0 heterocycles. The van der Waals surface area contributed by atoms with Crippen LogP contribution in [0.3, 0.4) is 0 Å². The quantitative estimate of drug-likeness (QED) is 0.198. The van der Waals surface area contributed by atoms with Crippen molar-refractivity contribution in [1.82, 2.24) is 15.5 Å². The molecule has 8 heteroatoms. The molecule has 2 N–H and O–H groups in total. The number of amides is 1. The van der Waals surface area contributed by atoms with Crippen molar-refractivity contribution in [2.75, 3.05) is 40.4 Å². The van der Waals surface area contributed by atoms with Crippen LogP contribution < -0.4 is 20.1 Å². The number of carbonyl (C=O) groups is 1. The first-order chi connectivity index (χ1) is 14.6. The maximum absolute atomic E-state index is 11.7. The lowest BCUT2D eigenvalue weighted by Crippen LogP contribution is -2.38. The molecule has 0 bridgehead atoms. The van der Waals surface area contributed by atoms with E-state index >= 15 is 0 Å². The van der Waals surface area contributed by atoms with Crippen LogP contribution in [-0.2, 0) is 11.3 Å². The fourth-order valence-electron chi connectivity index (χ4n) is 2.51. The maximum atomic E-state index is 11.7. The Kier molecular flexibility index (Phi) is 13.1. The van der Waals surface area contributed by atoms with Crippen LogP contribution in [0.2, 0.25) is 0 Å². The van der Waals surface area contributed by atoms with Crippen molar-refractivity contribution in [1.29, 1.82) is 0 Å². The zero-order chi connectivity index (χ0) is 21.6. The normalized spacial score (nSPS) is 10.6. The first-order valence-corrected chi connectivity index (χ1v) is 10.2. The Morgan fingerprint density at radius 3 is 2.45 bits per heavy atom. The molecule has 0 fully saturated rings. The van der Waals surface area contributed by atoms with Gasteiger partial charge in [-0.1, -0.05) is 30.3 Å². The van der Waals surface area contributed by atoms with E-state index in [1.807, 2.05) is 61.5 Å². The number of hydrogen-bond acceptors (Lipinski definition) is 4. The summed E-state index contributed by atoms with van der Waals surface area (Å²) in [5.74, 6) is 2.22. The van der Waals surface area contributed by atoms with Gasteiger partial charge in [0.2, 0.25) is 0 Å². The number of nitrogens with one attached hydrogen (secondary N) is 2. The van der Waals surface area contributed by atoms with Gasteiger partial charge in [0.25, 0.3) is 5.91 Å². The molecule has 170 valence electrons. The summed E-state index contributed by atoms with van der Waals surface area (Å²) in [6, 6.07) is 17.4. The molecule has 0 atom stereocenters. The molecule has 0 unspecified atom stereocenters. The second kappa shape index (κ2) is 15.3. The predicted octanol–water partition coefficient (Wildman–Crippen LogP) is 3.30. The molecule has 0 saturated carbocycles. The van der Waals surface area contributed by atoms with E-state index < -0.39 is 0 Å². The molecule has 2 rings (SSSR count). The average molecular weight is 540 g/mol. The summed E-state index contributed by atoms with van der Waals surface area (Å²) in [6.07, 6.45) is 0.864. The highest BCUT2D eigenvalue weighted by Crippen LogP contribution is 2.14. The number of hydrogen-bond donors (Lipinski definition) is 2. The number of benzene rings is 2. The highest BCUT2D eigenvalue weighted by atomic mass is 127. The number of nitrogens with zero attached hydrogens (tertiary/aromatic N) is 2. The number of halogens is 1. The van der Waals surface area contributed by atoms with Crippen molar-refractivity contribution in [3.8, 4) is 11.5 Å². The number of guanidine groups is 1. The van der Waals surface area contributed by atoms with Crippen molar-refractivity contribution in [3.63, 3.8) is 0 Å². The summed E-state index contributed by atoms with van der Waals surface area (Å²) in [4.78, 5) is 17.8. The van der Waals surface area contributed by atoms with Gasteiger partial charge in [-0.25, -0.2) is 4.99 Å². The molecule has 0 spiro atoms. The van der Waals surface area contributed by atoms with Crippen LogP contribution in [0, 0.1) is 0 Å². The van der Waals surface area contributed by atoms with Gasteiger partial charge in [0.05, 0.1) is 13.2 Å². The molecule has 0 saturated heterocycles. The van der Waals surface area contributed by atoms with E-state index in [1.54, 1.807) is 14.1 Å². The van der Waals surface area contributed by atoms with Gasteiger partial charge in [-0.15, -0.1) is 24.0 Å². The van der Waals surface area contributed by atoms with Gasteiger partial charge in [-0.3, -0.25) is 4.79 Å². The highest BCUT2D eigenvalue weighted by molar-refractivity contribution is 14.0. The molecule has 2 aromatic rings. The van der Waals surface area contributed by atoms with Crippen molar-refractivity contribution in [2.45, 2.75) is 19.9 Å². The first kappa shape index (κ1) is 26.5. The van der Waals surface area contributed by atoms with Crippen LogP contribution in [0.25, 0.3) is 0 Å². The molecule has 2 aromatic carbocycles. The number of ether oxygens (including phenoxy) is 2. The minimum atomic E-state index is -0.0756. The fourth-order valence-corrected chi connectivity index (χ4v) is 2.51. The van der Waals surface area contributed by atoms with E-state index in [-0.39, 0.29) is 36.5 Å². The predicted molar refractivity (Wildman–Crippen MR) is 135 cm³/mol. The topological polar surface area (TPSA) is 75.2 Å². The molecular weight excluding hydrogens is 507 g/mol. The van der Waals surface area contributed by atoms with Crippen molar-refractivity contribution >= 4 is 35.8 Å². The number of likely N-dealkylation sites (N-methyl/N-ethyl adjacent to an activating group) is 1. The summed E-state index contributed by atoms with van der Waals surface area (Å²) in [6.45, 7) is 4.74. The van der Waals surface area contributed by atoms with Crippen LogP contribution in [0.15, 0.2) is 59.6 Å². The third kappa shape index (κ3) is 10.9. The lowest BCUT2D eigenvalue weighted by atomic mass is 10.2. The van der Waals surface area contributed by atoms with Gasteiger partial charge in [0, 0.05) is 27.2 Å². The zero-order valence-electron chi connectivity index (χ0n) is 18.5. The third-order valence-corrected chi connectivity index (χ3v) is 4.15. The van der Waals surface area contributed by atoms with Crippen molar-refractivity contribution in [2.24, 2.45) is 4.99 Å². The molecule has 0 aromatic heterocycles. The molecule has 0 aliphatic heterocycles. The van der Waals surface area contributed by atoms with E-state index in [4.69, 9.17) is 9.47 Å². The van der Waals surface area contributed by atoms with Gasteiger partial charge < -0.3 is 25.0 Å². The van der Waals surface area contributed by atoms with E-state index in [0.717, 1.165) is 36.8 Å². The summed E-state index contributed by atoms with van der Waals surface area (Å²) in [5.41, 5.74) is 1.01. The van der Waals surface area contributed by atoms with E-state index in [2.05, 4.69) is 15.6 Å². The van der Waals surface area contributed by atoms with Crippen LogP contribution in [0.5, 0.6) is 11.5 Å². The molecule has 7 nitrogen and oxygen atoms in total. The molecule has 0 aliphatic rings. The van der Waals surface area contributed by atoms with Gasteiger partial charge >= 0.3 is 0 Å². The van der Waals surface area contributed by atoms with Crippen molar-refractivity contribution in [3.05, 3.63) is 60.2 Å². The van der Waals surface area contributed by atoms with Crippen LogP contribution in [0.1, 0.15) is 18.9 Å². The minimum Gasteiger partial charge on any atom is -0.494 e. The average Bonchev–Trinajstić information content (AvgIpc) is 2.76. The lowest BCUT2D eigenvalue weighted by molar-refractivity contribution is -0.130. The van der Waals surface area contributed by atoms with E-state index in [0.29, 0.717) is 18.9 Å². The van der Waals surface area contributed by atoms with E-state index in [1.165, 1.54) is 4.90 Å². The Bertz CT molecular complexity index is 800. The largest absolute Gasteiger partial charge is 0.494 e. The Morgan fingerprint density at radius 2 is 1.74 bits per heavy atom. The van der Waals surface area contributed by atoms with Crippen molar-refractivity contribution < 1.29 is 14.3 Å². The Morgan fingerprint density at radius 1 is 1.00 bits per heavy atom. The van der Waals surface area contributed by atoms with E-state index in [9.17, 15) is 4.79 Å². The van der Waals surface area contributed by atoms with Crippen LogP contribution in [0.4, 0.5) is 0 Å². The molecule has 1 amide bonds. The monoisotopic (exact) mass is 540 g/mol. The number of para-hydroxylation sites is 1. The Balaban J connectivity index is 0.00000480. The molecular formula is C23H33IN4O3. The van der Waals surface area contributed by atoms with Crippen LogP contribution >= 0.6 is 24.0 Å². The Hall–Kier alpha value is -2.49. The zero-order valence-corrected chi connectivity index (χ0v) is 20.8. The van der Waals surface area contributed by atoms with Crippen LogP contribution in [-0.4, -0.2) is 57.2 Å². The van der Waals surface area contributed by atoms with Gasteiger partial charge in [-0.2, -0.15) is 0 Å². The number of carbonyl (C=O) groups excluding carboxylic acids is 1. The summed E-state index contributed by atoms with van der Waals surface area (Å²) >= 11 is 0. The lowest BCUT2D eigenvalue weighted by Gasteiger charge is -2.13. The summed E-state index contributed by atoms with van der Waals surface area (Å²) in [7, 11) is 3.42. The standard InChI is InChI=1S/C23H32N4O3.HI/c1-4-24-23(25-14-9-15-29-20-11-6-5-7-12-20)26-17-19-10-8-13-21(16-19)30-18-22(28)27(2)3;/h5-8,10-13,16H,4,9,14-15,17-18H2,1-3H3,(H2,24,25,26);1H. The molecule has 0 aliphatic carbocycles. The third-order valence-electron chi connectivity index (χ3n) is 4.15. The first-order valence-electron chi connectivity index (χ1n) is 10.2. The molecule has 0 radical (unpaired) electrons. The molecule has 31 heavy (non-hydrogen) atoms. The summed E-state index contributed by atoms with van der Waals surface area (Å²) in [5, 5.41) is 6.57. The fraction of sp³-hybridized carbons (Fsp3) is 0.391. The second-order valence-electron chi connectivity index (χ2n) is 6.86. The van der Waals surface area contributed by atoms with Gasteiger partial charge in [-0.05, 0) is 43.2 Å². The smallest absolute Gasteiger partial charge is 0.259 e. The minimum absolute atomic E-state index is 0. The Labute approximate surface area is 202 Å². The highest BCUT2D eigenvalue weighted by Gasteiger charge is 2.05. The van der Waals surface area contributed by atoms with Gasteiger partial charge in [0.1, 0.15) is 11.5 Å². The number of aliphatic imine (C=N–C) groups is 1. The SMILES string of the molecule is CCNC(=NCc1cccc(OCC(=O)N(C)C)c1)NCCCOc1ccccc1.I. The maximum Gasteiger partial charge on any atom is 0.259 e. The second-order valence-corrected chi connectivity index (χ2v) is 6.86. The van der Waals surface area contributed by atoms with Gasteiger partial charge in [0.15, 0.2) is 12.6 Å².